The van der Waals surface area contributed by atoms with Gasteiger partial charge in [0, 0.05) is 19.2 Å². The lowest BCUT2D eigenvalue weighted by molar-refractivity contribution is 0.122. The van der Waals surface area contributed by atoms with Crippen LogP contribution >= 0.6 is 0 Å². The summed E-state index contributed by atoms with van der Waals surface area (Å²) in [6.07, 6.45) is 0. The molecule has 7 heteroatoms. The Labute approximate surface area is 146 Å². The molecule has 1 fully saturated rings. The van der Waals surface area contributed by atoms with E-state index in [1.165, 1.54) is 0 Å². The van der Waals surface area contributed by atoms with Gasteiger partial charge in [0.1, 0.15) is 17.6 Å². The molecule has 2 aliphatic heterocycles. The molecule has 1 saturated heterocycles. The predicted octanol–water partition coefficient (Wildman–Crippen LogP) is 1.40. The van der Waals surface area contributed by atoms with Crippen molar-refractivity contribution >= 4 is 18.3 Å². The topological polar surface area (TPSA) is 75.0 Å². The van der Waals surface area contributed by atoms with E-state index >= 15 is 0 Å². The van der Waals surface area contributed by atoms with Crippen LogP contribution in [0.1, 0.15) is 11.1 Å². The Hall–Kier alpha value is -2.53. The fraction of sp³-hybridized carbons (Fsp3) is 0.278. The van der Waals surface area contributed by atoms with Gasteiger partial charge in [-0.15, -0.1) is 0 Å². The fourth-order valence-corrected chi connectivity index (χ4v) is 3.14. The summed E-state index contributed by atoms with van der Waals surface area (Å²) < 4.78 is 16.6. The van der Waals surface area contributed by atoms with Gasteiger partial charge in [-0.25, -0.2) is 0 Å². The summed E-state index contributed by atoms with van der Waals surface area (Å²) in [4.78, 5) is 2.14. The number of benzene rings is 2. The van der Waals surface area contributed by atoms with E-state index in [1.54, 1.807) is 12.1 Å². The molecular formula is C18H17BN2O4. The van der Waals surface area contributed by atoms with E-state index in [2.05, 4.69) is 11.0 Å². The van der Waals surface area contributed by atoms with Crippen molar-refractivity contribution in [1.82, 2.24) is 0 Å². The minimum atomic E-state index is -0.855. The monoisotopic (exact) mass is 336 g/mol. The summed E-state index contributed by atoms with van der Waals surface area (Å²) in [7, 11) is -0.855. The quantitative estimate of drug-likeness (QED) is 0.854. The van der Waals surface area contributed by atoms with Crippen molar-refractivity contribution in [2.45, 2.75) is 6.61 Å². The summed E-state index contributed by atoms with van der Waals surface area (Å²) in [6, 6.07) is 13.2. The van der Waals surface area contributed by atoms with Gasteiger partial charge in [-0.3, -0.25) is 0 Å². The van der Waals surface area contributed by atoms with Gasteiger partial charge in [0.15, 0.2) is 0 Å². The van der Waals surface area contributed by atoms with Crippen LogP contribution in [0, 0.1) is 11.3 Å². The van der Waals surface area contributed by atoms with Crippen molar-refractivity contribution in [1.29, 1.82) is 5.26 Å². The van der Waals surface area contributed by atoms with Crippen LogP contribution in [0.25, 0.3) is 0 Å². The lowest BCUT2D eigenvalue weighted by Gasteiger charge is -2.29. The highest BCUT2D eigenvalue weighted by Crippen LogP contribution is 2.30. The van der Waals surface area contributed by atoms with E-state index in [9.17, 15) is 10.3 Å². The standard InChI is InChI=1S/C18H17BN2O4/c20-11-13-1-2-16(10-18(13)21-5-7-23-8-6-21)25-15-3-4-17-14(9-15)12-24-19(17)22/h1-4,9-10,22H,5-8,12H2. The second-order valence-electron chi connectivity index (χ2n) is 6.02. The van der Waals surface area contributed by atoms with E-state index in [4.69, 9.17) is 14.1 Å². The molecule has 126 valence electrons. The summed E-state index contributed by atoms with van der Waals surface area (Å²) in [6.45, 7) is 3.20. The van der Waals surface area contributed by atoms with Crippen LogP contribution in [0.3, 0.4) is 0 Å². The summed E-state index contributed by atoms with van der Waals surface area (Å²) in [5.74, 6) is 1.34. The van der Waals surface area contributed by atoms with Crippen molar-refractivity contribution in [2.24, 2.45) is 0 Å². The number of hydrogen-bond donors (Lipinski definition) is 1. The van der Waals surface area contributed by atoms with Crippen molar-refractivity contribution in [3.05, 3.63) is 47.5 Å². The summed E-state index contributed by atoms with van der Waals surface area (Å²) in [5.41, 5.74) is 3.19. The van der Waals surface area contributed by atoms with Crippen LogP contribution in [0.2, 0.25) is 0 Å². The SMILES string of the molecule is N#Cc1ccc(Oc2ccc3c(c2)COB3O)cc1N1CCOCC1. The third-order valence-electron chi connectivity index (χ3n) is 4.45. The van der Waals surface area contributed by atoms with Crippen LogP contribution < -0.4 is 15.1 Å². The van der Waals surface area contributed by atoms with E-state index in [0.29, 0.717) is 36.9 Å². The second-order valence-corrected chi connectivity index (χ2v) is 6.02. The number of rotatable bonds is 3. The molecule has 1 N–H and O–H groups in total. The zero-order valence-corrected chi connectivity index (χ0v) is 13.6. The molecule has 25 heavy (non-hydrogen) atoms. The summed E-state index contributed by atoms with van der Waals surface area (Å²) >= 11 is 0. The molecule has 2 heterocycles. The van der Waals surface area contributed by atoms with Gasteiger partial charge in [-0.1, -0.05) is 6.07 Å². The van der Waals surface area contributed by atoms with Gasteiger partial charge in [0.25, 0.3) is 0 Å². The lowest BCUT2D eigenvalue weighted by atomic mass is 9.80. The maximum absolute atomic E-state index is 9.69. The van der Waals surface area contributed by atoms with Gasteiger partial charge in [0.2, 0.25) is 0 Å². The third-order valence-corrected chi connectivity index (χ3v) is 4.45. The molecule has 0 spiro atoms. The molecule has 0 aliphatic carbocycles. The van der Waals surface area contributed by atoms with Crippen molar-refractivity contribution in [3.63, 3.8) is 0 Å². The first-order chi connectivity index (χ1) is 12.2. The highest BCUT2D eigenvalue weighted by Gasteiger charge is 2.27. The Bertz CT molecular complexity index is 830. The number of morpholine rings is 1. The van der Waals surface area contributed by atoms with Gasteiger partial charge >= 0.3 is 7.12 Å². The van der Waals surface area contributed by atoms with Crippen LogP contribution in [-0.4, -0.2) is 38.4 Å². The highest BCUT2D eigenvalue weighted by atomic mass is 16.5. The van der Waals surface area contributed by atoms with Crippen molar-refractivity contribution in [2.75, 3.05) is 31.2 Å². The van der Waals surface area contributed by atoms with Crippen LogP contribution in [0.4, 0.5) is 5.69 Å². The molecule has 0 bridgehead atoms. The number of fused-ring (bicyclic) bond motifs is 1. The maximum Gasteiger partial charge on any atom is 0.491 e. The van der Waals surface area contributed by atoms with Gasteiger partial charge in [0.05, 0.1) is 31.1 Å². The van der Waals surface area contributed by atoms with Gasteiger partial charge in [-0.2, -0.15) is 5.26 Å². The Morgan fingerprint density at radius 2 is 1.88 bits per heavy atom. The molecule has 6 nitrogen and oxygen atoms in total. The predicted molar refractivity (Wildman–Crippen MR) is 93.1 cm³/mol. The summed E-state index contributed by atoms with van der Waals surface area (Å²) in [5, 5.41) is 19.1. The molecule has 0 amide bonds. The first-order valence-electron chi connectivity index (χ1n) is 8.22. The number of ether oxygens (including phenoxy) is 2. The van der Waals surface area contributed by atoms with E-state index < -0.39 is 7.12 Å². The van der Waals surface area contributed by atoms with Crippen molar-refractivity contribution in [3.8, 4) is 17.6 Å². The molecule has 2 aliphatic rings. The van der Waals surface area contributed by atoms with E-state index in [-0.39, 0.29) is 0 Å². The van der Waals surface area contributed by atoms with E-state index in [1.807, 2.05) is 24.3 Å². The zero-order chi connectivity index (χ0) is 17.2. The minimum absolute atomic E-state index is 0.375. The molecular weight excluding hydrogens is 319 g/mol. The second kappa shape index (κ2) is 6.77. The normalized spacial score (nSPS) is 16.5. The molecule has 0 atom stereocenters. The van der Waals surface area contributed by atoms with Gasteiger partial charge in [-0.05, 0) is 35.3 Å². The number of nitriles is 1. The zero-order valence-electron chi connectivity index (χ0n) is 13.6. The fourth-order valence-electron chi connectivity index (χ4n) is 3.14. The average molecular weight is 336 g/mol. The average Bonchev–Trinajstić information content (AvgIpc) is 3.03. The first-order valence-corrected chi connectivity index (χ1v) is 8.22. The molecule has 0 aromatic heterocycles. The number of anilines is 1. The Morgan fingerprint density at radius 3 is 2.68 bits per heavy atom. The molecule has 4 rings (SSSR count). The maximum atomic E-state index is 9.69. The molecule has 2 aromatic carbocycles. The smallest absolute Gasteiger partial charge is 0.457 e. The van der Waals surface area contributed by atoms with Gasteiger partial charge < -0.3 is 24.1 Å². The Kier molecular flexibility index (Phi) is 4.32. The highest BCUT2D eigenvalue weighted by molar-refractivity contribution is 6.61. The molecule has 0 radical (unpaired) electrons. The first kappa shape index (κ1) is 16.0. The number of nitrogens with zero attached hydrogens (tertiary/aromatic N) is 2. The Morgan fingerprint density at radius 1 is 1.12 bits per heavy atom. The third kappa shape index (κ3) is 3.20. The van der Waals surface area contributed by atoms with Crippen LogP contribution in [-0.2, 0) is 16.0 Å². The largest absolute Gasteiger partial charge is 0.491 e. The minimum Gasteiger partial charge on any atom is -0.457 e. The van der Waals surface area contributed by atoms with Crippen molar-refractivity contribution < 1.29 is 19.2 Å². The lowest BCUT2D eigenvalue weighted by Crippen LogP contribution is -2.36. The Balaban J connectivity index is 1.60. The molecule has 0 saturated carbocycles. The number of hydrogen-bond acceptors (Lipinski definition) is 6. The molecule has 2 aromatic rings. The van der Waals surface area contributed by atoms with Crippen LogP contribution in [0.5, 0.6) is 11.5 Å². The molecule has 0 unspecified atom stereocenters. The van der Waals surface area contributed by atoms with E-state index in [0.717, 1.165) is 29.8 Å². The van der Waals surface area contributed by atoms with Crippen LogP contribution in [0.15, 0.2) is 36.4 Å².